The molecule has 112 valence electrons. The lowest BCUT2D eigenvalue weighted by Crippen LogP contribution is -2.14. The first kappa shape index (κ1) is 16.3. The highest BCUT2D eigenvalue weighted by molar-refractivity contribution is 9.10. The number of hydrogen-bond acceptors (Lipinski definition) is 2. The van der Waals surface area contributed by atoms with E-state index in [0.717, 1.165) is 33.6 Å². The summed E-state index contributed by atoms with van der Waals surface area (Å²) in [7, 11) is 0. The Hall–Kier alpha value is -1.03. The fourth-order valence-corrected chi connectivity index (χ4v) is 2.58. The Labute approximate surface area is 138 Å². The molecule has 0 spiro atoms. The average Bonchev–Trinajstić information content (AvgIpc) is 2.50. The molecule has 0 fully saturated rings. The lowest BCUT2D eigenvalue weighted by atomic mass is 9.97. The summed E-state index contributed by atoms with van der Waals surface area (Å²) in [5.41, 5.74) is 1.07. The monoisotopic (exact) mass is 368 g/mol. The quantitative estimate of drug-likeness (QED) is 0.765. The van der Waals surface area contributed by atoms with Gasteiger partial charge in [0.1, 0.15) is 5.75 Å². The number of halogens is 2. The van der Waals surface area contributed by atoms with Crippen LogP contribution in [0.4, 0.5) is 0 Å². The highest BCUT2D eigenvalue weighted by atomic mass is 79.9. The molecular weight excluding hydrogens is 352 g/mol. The van der Waals surface area contributed by atoms with E-state index in [-0.39, 0.29) is 12.5 Å². The van der Waals surface area contributed by atoms with Gasteiger partial charge in [-0.1, -0.05) is 45.7 Å². The standard InChI is InChI=1S/C17H18BrClO2/c18-15-5-7-16(8-6-15)21-10-9-13(12-20)11-14-3-1-2-4-17(14)19/h1-8,13,20H,9-12H2. The summed E-state index contributed by atoms with van der Waals surface area (Å²) in [5, 5.41) is 10.3. The first-order valence-electron chi connectivity index (χ1n) is 6.91. The Morgan fingerprint density at radius 2 is 1.81 bits per heavy atom. The van der Waals surface area contributed by atoms with Gasteiger partial charge in [0.25, 0.3) is 0 Å². The summed E-state index contributed by atoms with van der Waals surface area (Å²) in [4.78, 5) is 0. The van der Waals surface area contributed by atoms with E-state index < -0.39 is 0 Å². The van der Waals surface area contributed by atoms with Gasteiger partial charge < -0.3 is 9.84 Å². The van der Waals surface area contributed by atoms with Crippen molar-refractivity contribution >= 4 is 27.5 Å². The number of ether oxygens (including phenoxy) is 1. The highest BCUT2D eigenvalue weighted by Gasteiger charge is 2.11. The summed E-state index contributed by atoms with van der Waals surface area (Å²) in [6, 6.07) is 15.5. The molecule has 1 atom stereocenters. The highest BCUT2D eigenvalue weighted by Crippen LogP contribution is 2.21. The van der Waals surface area contributed by atoms with E-state index in [4.69, 9.17) is 16.3 Å². The van der Waals surface area contributed by atoms with Crippen LogP contribution in [-0.4, -0.2) is 18.3 Å². The van der Waals surface area contributed by atoms with Crippen LogP contribution in [0.15, 0.2) is 53.0 Å². The van der Waals surface area contributed by atoms with E-state index >= 15 is 0 Å². The molecule has 1 N–H and O–H groups in total. The van der Waals surface area contributed by atoms with Crippen molar-refractivity contribution < 1.29 is 9.84 Å². The van der Waals surface area contributed by atoms with Crippen molar-refractivity contribution in [3.63, 3.8) is 0 Å². The van der Waals surface area contributed by atoms with Crippen molar-refractivity contribution in [1.29, 1.82) is 0 Å². The van der Waals surface area contributed by atoms with Crippen molar-refractivity contribution in [2.45, 2.75) is 12.8 Å². The molecule has 0 aliphatic heterocycles. The van der Waals surface area contributed by atoms with Gasteiger partial charge in [-0.3, -0.25) is 0 Å². The van der Waals surface area contributed by atoms with Crippen LogP contribution in [0.2, 0.25) is 5.02 Å². The predicted molar refractivity (Wildman–Crippen MR) is 90.0 cm³/mol. The Morgan fingerprint density at radius 1 is 1.10 bits per heavy atom. The van der Waals surface area contributed by atoms with Gasteiger partial charge in [-0.05, 0) is 54.7 Å². The van der Waals surface area contributed by atoms with E-state index in [0.29, 0.717) is 6.61 Å². The zero-order chi connectivity index (χ0) is 15.1. The molecule has 0 heterocycles. The van der Waals surface area contributed by atoms with Crippen LogP contribution >= 0.6 is 27.5 Å². The summed E-state index contributed by atoms with van der Waals surface area (Å²) in [6.07, 6.45) is 1.55. The van der Waals surface area contributed by atoms with Gasteiger partial charge >= 0.3 is 0 Å². The zero-order valence-corrected chi connectivity index (χ0v) is 14.0. The molecule has 0 bridgehead atoms. The van der Waals surface area contributed by atoms with Gasteiger partial charge in [-0.15, -0.1) is 0 Å². The fourth-order valence-electron chi connectivity index (χ4n) is 2.11. The smallest absolute Gasteiger partial charge is 0.119 e. The van der Waals surface area contributed by atoms with Gasteiger partial charge in [-0.25, -0.2) is 0 Å². The second-order valence-electron chi connectivity index (χ2n) is 4.94. The molecule has 2 aromatic carbocycles. The van der Waals surface area contributed by atoms with Crippen LogP contribution in [0, 0.1) is 5.92 Å². The molecule has 2 nitrogen and oxygen atoms in total. The summed E-state index contributed by atoms with van der Waals surface area (Å²) < 4.78 is 6.73. The van der Waals surface area contributed by atoms with Crippen molar-refractivity contribution in [2.75, 3.05) is 13.2 Å². The van der Waals surface area contributed by atoms with Gasteiger partial charge in [0, 0.05) is 16.1 Å². The van der Waals surface area contributed by atoms with Gasteiger partial charge in [-0.2, -0.15) is 0 Å². The van der Waals surface area contributed by atoms with Gasteiger partial charge in [0.2, 0.25) is 0 Å². The van der Waals surface area contributed by atoms with Gasteiger partial charge in [0.15, 0.2) is 0 Å². The SMILES string of the molecule is OCC(CCOc1ccc(Br)cc1)Cc1ccccc1Cl. The molecule has 1 unspecified atom stereocenters. The fraction of sp³-hybridized carbons (Fsp3) is 0.294. The Balaban J connectivity index is 1.82. The molecule has 0 saturated carbocycles. The Bertz CT molecular complexity index is 557. The topological polar surface area (TPSA) is 29.5 Å². The van der Waals surface area contributed by atoms with Crippen LogP contribution in [0.25, 0.3) is 0 Å². The molecule has 2 aromatic rings. The second kappa shape index (κ2) is 8.42. The Kier molecular flexibility index (Phi) is 6.55. The third kappa shape index (κ3) is 5.34. The second-order valence-corrected chi connectivity index (χ2v) is 6.26. The van der Waals surface area contributed by atoms with Crippen molar-refractivity contribution in [1.82, 2.24) is 0 Å². The number of aliphatic hydroxyl groups is 1. The van der Waals surface area contributed by atoms with E-state index in [1.54, 1.807) is 0 Å². The molecule has 4 heteroatoms. The molecule has 0 aliphatic rings. The van der Waals surface area contributed by atoms with E-state index in [1.807, 2.05) is 48.5 Å². The lowest BCUT2D eigenvalue weighted by Gasteiger charge is -2.15. The lowest BCUT2D eigenvalue weighted by molar-refractivity contribution is 0.191. The molecule has 0 aliphatic carbocycles. The minimum Gasteiger partial charge on any atom is -0.494 e. The predicted octanol–water partition coefficient (Wildman–Crippen LogP) is 4.72. The van der Waals surface area contributed by atoms with Crippen LogP contribution in [0.3, 0.4) is 0 Å². The molecule has 0 radical (unpaired) electrons. The number of benzene rings is 2. The zero-order valence-electron chi connectivity index (χ0n) is 11.6. The summed E-state index contributed by atoms with van der Waals surface area (Å²) >= 11 is 9.54. The van der Waals surface area contributed by atoms with Crippen LogP contribution in [-0.2, 0) is 6.42 Å². The molecule has 2 rings (SSSR count). The van der Waals surface area contributed by atoms with Crippen LogP contribution < -0.4 is 4.74 Å². The third-order valence-corrected chi connectivity index (χ3v) is 4.23. The van der Waals surface area contributed by atoms with Gasteiger partial charge in [0.05, 0.1) is 6.61 Å². The normalized spacial score (nSPS) is 12.1. The van der Waals surface area contributed by atoms with Crippen LogP contribution in [0.5, 0.6) is 5.75 Å². The third-order valence-electron chi connectivity index (χ3n) is 3.33. The molecule has 21 heavy (non-hydrogen) atoms. The van der Waals surface area contributed by atoms with Crippen LogP contribution in [0.1, 0.15) is 12.0 Å². The summed E-state index contributed by atoms with van der Waals surface area (Å²) in [6.45, 7) is 0.715. The van der Waals surface area contributed by atoms with E-state index in [9.17, 15) is 5.11 Å². The number of aliphatic hydroxyl groups excluding tert-OH is 1. The first-order valence-corrected chi connectivity index (χ1v) is 8.08. The Morgan fingerprint density at radius 3 is 2.48 bits per heavy atom. The van der Waals surface area contributed by atoms with Crippen molar-refractivity contribution in [2.24, 2.45) is 5.92 Å². The summed E-state index contributed by atoms with van der Waals surface area (Å²) in [5.74, 6) is 0.994. The minimum absolute atomic E-state index is 0.134. The number of hydrogen-bond donors (Lipinski definition) is 1. The largest absolute Gasteiger partial charge is 0.494 e. The average molecular weight is 370 g/mol. The van der Waals surface area contributed by atoms with E-state index in [2.05, 4.69) is 15.9 Å². The van der Waals surface area contributed by atoms with E-state index in [1.165, 1.54) is 0 Å². The maximum absolute atomic E-state index is 9.51. The maximum Gasteiger partial charge on any atom is 0.119 e. The molecule has 0 saturated heterocycles. The maximum atomic E-state index is 9.51. The van der Waals surface area contributed by atoms with Crippen molar-refractivity contribution in [3.05, 3.63) is 63.6 Å². The molecule has 0 amide bonds. The molecule has 0 aromatic heterocycles. The minimum atomic E-state index is 0.134. The number of rotatable bonds is 7. The van der Waals surface area contributed by atoms with Crippen molar-refractivity contribution in [3.8, 4) is 5.75 Å². The molecular formula is C17H18BrClO2. The first-order chi connectivity index (χ1) is 10.2.